The van der Waals surface area contributed by atoms with E-state index in [2.05, 4.69) is 20.9 Å². The first kappa shape index (κ1) is 12.8. The van der Waals surface area contributed by atoms with Crippen LogP contribution in [0.25, 0.3) is 16.7 Å². The number of benzene rings is 2. The first-order chi connectivity index (χ1) is 9.08. The van der Waals surface area contributed by atoms with Gasteiger partial charge in [-0.05, 0) is 52.4 Å². The molecule has 96 valence electrons. The molecule has 3 rings (SSSR count). The van der Waals surface area contributed by atoms with Crippen LogP contribution in [0.1, 0.15) is 0 Å². The summed E-state index contributed by atoms with van der Waals surface area (Å²) in [7, 11) is 0. The average molecular weight is 358 g/mol. The van der Waals surface area contributed by atoms with Crippen LogP contribution in [0, 0.1) is 10.6 Å². The third-order valence-corrected chi connectivity index (χ3v) is 3.97. The molecule has 0 saturated heterocycles. The van der Waals surface area contributed by atoms with Gasteiger partial charge in [0.15, 0.2) is 4.77 Å². The van der Waals surface area contributed by atoms with Gasteiger partial charge in [0.1, 0.15) is 5.82 Å². The van der Waals surface area contributed by atoms with Gasteiger partial charge in [-0.1, -0.05) is 23.7 Å². The van der Waals surface area contributed by atoms with Crippen molar-refractivity contribution in [3.05, 3.63) is 56.5 Å². The Kier molecular flexibility index (Phi) is 3.20. The lowest BCUT2D eigenvalue weighted by Gasteiger charge is -2.09. The standard InChI is InChI=1S/C13H7BrClFN2S/c14-8-5-7(16)6-9(15)12(8)18-11-4-2-1-3-10(11)17-13(18)19/h1-6H,(H,17,19). The van der Waals surface area contributed by atoms with Crippen molar-refractivity contribution in [2.75, 3.05) is 0 Å². The Bertz CT molecular complexity index is 817. The maximum absolute atomic E-state index is 13.3. The van der Waals surface area contributed by atoms with Gasteiger partial charge in [-0.2, -0.15) is 0 Å². The van der Waals surface area contributed by atoms with Crippen LogP contribution in [0.2, 0.25) is 5.02 Å². The van der Waals surface area contributed by atoms with Gasteiger partial charge in [0.2, 0.25) is 0 Å². The Morgan fingerprint density at radius 2 is 2.00 bits per heavy atom. The second-order valence-electron chi connectivity index (χ2n) is 4.00. The minimum absolute atomic E-state index is 0.299. The molecule has 1 N–H and O–H groups in total. The van der Waals surface area contributed by atoms with E-state index >= 15 is 0 Å². The molecule has 0 atom stereocenters. The third kappa shape index (κ3) is 2.12. The Hall–Kier alpha value is -1.17. The summed E-state index contributed by atoms with van der Waals surface area (Å²) in [6, 6.07) is 10.3. The number of halogens is 3. The largest absolute Gasteiger partial charge is 0.330 e. The summed E-state index contributed by atoms with van der Waals surface area (Å²) < 4.78 is 16.2. The van der Waals surface area contributed by atoms with E-state index in [4.69, 9.17) is 23.8 Å². The van der Waals surface area contributed by atoms with Gasteiger partial charge in [-0.25, -0.2) is 4.39 Å². The number of hydrogen-bond acceptors (Lipinski definition) is 1. The molecule has 0 amide bonds. The molecule has 0 bridgehead atoms. The van der Waals surface area contributed by atoms with Crippen molar-refractivity contribution >= 4 is 50.8 Å². The molecule has 0 radical (unpaired) electrons. The van der Waals surface area contributed by atoms with E-state index < -0.39 is 5.82 Å². The molecular weight excluding hydrogens is 351 g/mol. The first-order valence-corrected chi connectivity index (χ1v) is 7.00. The van der Waals surface area contributed by atoms with E-state index in [1.807, 2.05) is 24.3 Å². The fourth-order valence-corrected chi connectivity index (χ4v) is 3.34. The predicted molar refractivity (Wildman–Crippen MR) is 81.1 cm³/mol. The van der Waals surface area contributed by atoms with E-state index in [0.29, 0.717) is 20.0 Å². The second kappa shape index (κ2) is 4.74. The van der Waals surface area contributed by atoms with Gasteiger partial charge in [-0.3, -0.25) is 4.57 Å². The van der Waals surface area contributed by atoms with Crippen LogP contribution in [-0.2, 0) is 0 Å². The second-order valence-corrected chi connectivity index (χ2v) is 5.65. The fraction of sp³-hybridized carbons (Fsp3) is 0. The number of fused-ring (bicyclic) bond motifs is 1. The minimum atomic E-state index is -0.396. The van der Waals surface area contributed by atoms with Gasteiger partial charge in [0, 0.05) is 4.47 Å². The molecule has 0 saturated carbocycles. The number of aromatic nitrogens is 2. The predicted octanol–water partition coefficient (Wildman–Crippen LogP) is 5.24. The molecule has 0 fully saturated rings. The Morgan fingerprint density at radius 1 is 1.26 bits per heavy atom. The van der Waals surface area contributed by atoms with Crippen LogP contribution in [0.5, 0.6) is 0 Å². The Labute approximate surface area is 127 Å². The quantitative estimate of drug-likeness (QED) is 0.590. The van der Waals surface area contributed by atoms with Crippen molar-refractivity contribution in [1.82, 2.24) is 9.55 Å². The van der Waals surface area contributed by atoms with E-state index in [0.717, 1.165) is 11.0 Å². The maximum Gasteiger partial charge on any atom is 0.182 e. The zero-order valence-electron chi connectivity index (χ0n) is 9.45. The summed E-state index contributed by atoms with van der Waals surface area (Å²) in [5, 5.41) is 0.299. The highest BCUT2D eigenvalue weighted by Crippen LogP contribution is 2.32. The molecule has 19 heavy (non-hydrogen) atoms. The molecule has 1 aromatic heterocycles. The highest BCUT2D eigenvalue weighted by Gasteiger charge is 2.14. The molecule has 0 aliphatic heterocycles. The lowest BCUT2D eigenvalue weighted by atomic mass is 10.2. The van der Waals surface area contributed by atoms with Crippen molar-refractivity contribution in [3.8, 4) is 5.69 Å². The topological polar surface area (TPSA) is 20.7 Å². The molecule has 6 heteroatoms. The minimum Gasteiger partial charge on any atom is -0.330 e. The molecule has 0 aliphatic carbocycles. The number of rotatable bonds is 1. The molecule has 1 heterocycles. The number of hydrogen-bond donors (Lipinski definition) is 1. The summed E-state index contributed by atoms with van der Waals surface area (Å²) in [4.78, 5) is 3.10. The average Bonchev–Trinajstić information content (AvgIpc) is 2.65. The molecule has 2 nitrogen and oxygen atoms in total. The van der Waals surface area contributed by atoms with E-state index in [1.165, 1.54) is 12.1 Å². The third-order valence-electron chi connectivity index (χ3n) is 2.79. The summed E-state index contributed by atoms with van der Waals surface area (Å²) in [6.45, 7) is 0. The van der Waals surface area contributed by atoms with Gasteiger partial charge in [0.05, 0.1) is 21.7 Å². The van der Waals surface area contributed by atoms with Crippen molar-refractivity contribution in [2.45, 2.75) is 0 Å². The van der Waals surface area contributed by atoms with Crippen molar-refractivity contribution in [3.63, 3.8) is 0 Å². The summed E-state index contributed by atoms with van der Waals surface area (Å²) in [6.07, 6.45) is 0. The SMILES string of the molecule is Fc1cc(Cl)c(-n2c(=S)[nH]c3ccccc32)c(Br)c1. The molecule has 0 spiro atoms. The van der Waals surface area contributed by atoms with E-state index in [1.54, 1.807) is 4.57 Å². The molecule has 0 aliphatic rings. The smallest absolute Gasteiger partial charge is 0.182 e. The first-order valence-electron chi connectivity index (χ1n) is 5.42. The summed E-state index contributed by atoms with van der Waals surface area (Å²) >= 11 is 14.8. The van der Waals surface area contributed by atoms with Gasteiger partial charge in [0.25, 0.3) is 0 Å². The lowest BCUT2D eigenvalue weighted by molar-refractivity contribution is 0.626. The summed E-state index contributed by atoms with van der Waals surface area (Å²) in [5.41, 5.74) is 2.42. The van der Waals surface area contributed by atoms with E-state index in [9.17, 15) is 4.39 Å². The lowest BCUT2D eigenvalue weighted by Crippen LogP contribution is -1.97. The normalized spacial score (nSPS) is 11.1. The number of H-pyrrole nitrogens is 1. The Morgan fingerprint density at radius 3 is 2.74 bits per heavy atom. The van der Waals surface area contributed by atoms with Crippen LogP contribution < -0.4 is 0 Å². The number of nitrogens with one attached hydrogen (secondary N) is 1. The van der Waals surface area contributed by atoms with Crippen LogP contribution in [0.4, 0.5) is 4.39 Å². The summed E-state index contributed by atoms with van der Waals surface area (Å²) in [5.74, 6) is -0.396. The maximum atomic E-state index is 13.3. The highest BCUT2D eigenvalue weighted by atomic mass is 79.9. The van der Waals surface area contributed by atoms with Crippen LogP contribution in [0.3, 0.4) is 0 Å². The van der Waals surface area contributed by atoms with Crippen LogP contribution >= 0.6 is 39.7 Å². The van der Waals surface area contributed by atoms with Gasteiger partial charge < -0.3 is 4.98 Å². The van der Waals surface area contributed by atoms with E-state index in [-0.39, 0.29) is 0 Å². The van der Waals surface area contributed by atoms with Gasteiger partial charge >= 0.3 is 0 Å². The number of para-hydroxylation sites is 2. The van der Waals surface area contributed by atoms with Crippen molar-refractivity contribution in [2.24, 2.45) is 0 Å². The number of imidazole rings is 1. The monoisotopic (exact) mass is 356 g/mol. The Balaban J connectivity index is 2.43. The molecule has 0 unspecified atom stereocenters. The zero-order chi connectivity index (χ0) is 13.6. The van der Waals surface area contributed by atoms with Crippen LogP contribution in [0.15, 0.2) is 40.9 Å². The van der Waals surface area contributed by atoms with Gasteiger partial charge in [-0.15, -0.1) is 0 Å². The zero-order valence-corrected chi connectivity index (χ0v) is 12.6. The molecule has 3 aromatic rings. The van der Waals surface area contributed by atoms with Crippen molar-refractivity contribution < 1.29 is 4.39 Å². The number of aromatic amines is 1. The molecular formula is C13H7BrClFN2S. The highest BCUT2D eigenvalue weighted by molar-refractivity contribution is 9.10. The van der Waals surface area contributed by atoms with Crippen LogP contribution in [-0.4, -0.2) is 9.55 Å². The van der Waals surface area contributed by atoms with Crippen molar-refractivity contribution in [1.29, 1.82) is 0 Å². The fourth-order valence-electron chi connectivity index (χ4n) is 2.03. The number of nitrogens with zero attached hydrogens (tertiary/aromatic N) is 1. The molecule has 2 aromatic carbocycles.